The van der Waals surface area contributed by atoms with Crippen molar-refractivity contribution in [3.63, 3.8) is 0 Å². The fourth-order valence-corrected chi connectivity index (χ4v) is 3.24. The summed E-state index contributed by atoms with van der Waals surface area (Å²) in [6.07, 6.45) is 1.70. The molecule has 0 aliphatic rings. The van der Waals surface area contributed by atoms with Gasteiger partial charge in [0.25, 0.3) is 0 Å². The quantitative estimate of drug-likeness (QED) is 0.484. The Morgan fingerprint density at radius 2 is 1.00 bits per heavy atom. The molecular weight excluding hydrogens is 226 g/mol. The molecule has 16 heavy (non-hydrogen) atoms. The monoisotopic (exact) mass is 245 g/mol. The second kappa shape index (κ2) is 7.86. The molecule has 0 radical (unpaired) electrons. The van der Waals surface area contributed by atoms with Crippen molar-refractivity contribution in [2.75, 3.05) is 18.5 Å². The summed E-state index contributed by atoms with van der Waals surface area (Å²) in [6.45, 7) is 4.34. The molecule has 0 rings (SSSR count). The lowest BCUT2D eigenvalue weighted by Gasteiger charge is -2.16. The van der Waals surface area contributed by atoms with Gasteiger partial charge in [0.05, 0.1) is 0 Å². The Kier molecular flexibility index (Phi) is 7.18. The first-order valence-corrected chi connectivity index (χ1v) is 7.60. The second-order valence-electron chi connectivity index (χ2n) is 3.68. The maximum Gasteiger partial charge on any atom is 0.216 e. The van der Waals surface area contributed by atoms with Gasteiger partial charge in [-0.1, -0.05) is 0 Å². The van der Waals surface area contributed by atoms with Gasteiger partial charge in [-0.3, -0.25) is 14.4 Å². The molecule has 0 aliphatic carbocycles. The number of hydrogen-bond donors (Lipinski definition) is 3. The maximum atomic E-state index is 10.8. The zero-order chi connectivity index (χ0) is 12.6. The van der Waals surface area contributed by atoms with E-state index in [2.05, 4.69) is 16.0 Å². The Morgan fingerprint density at radius 3 is 1.19 bits per heavy atom. The molecule has 0 bridgehead atoms. The highest BCUT2D eigenvalue weighted by Crippen LogP contribution is 1.79. The molecule has 0 atom stereocenters. The predicted octanol–water partition coefficient (Wildman–Crippen LogP) is -1.76. The largest absolute Gasteiger partial charge is 0.359 e. The Balaban J connectivity index is 3.98. The van der Waals surface area contributed by atoms with Gasteiger partial charge in [0, 0.05) is 39.3 Å². The van der Waals surface area contributed by atoms with Gasteiger partial charge < -0.3 is 16.0 Å². The lowest BCUT2D eigenvalue weighted by Crippen LogP contribution is -2.49. The Labute approximate surface area is 96.8 Å². The summed E-state index contributed by atoms with van der Waals surface area (Å²) < 4.78 is 0. The normalized spacial score (nSPS) is 9.75. The van der Waals surface area contributed by atoms with Crippen LogP contribution in [0.2, 0.25) is 0 Å². The topological polar surface area (TPSA) is 87.3 Å². The van der Waals surface area contributed by atoms with Crippen molar-refractivity contribution in [1.29, 1.82) is 0 Å². The third kappa shape index (κ3) is 9.19. The molecule has 0 saturated heterocycles. The Hall–Kier alpha value is -1.37. The summed E-state index contributed by atoms with van der Waals surface area (Å²) in [7, 11) is -1.40. The number of nitrogens with one attached hydrogen (secondary N) is 3. The molecule has 92 valence electrons. The van der Waals surface area contributed by atoms with Crippen LogP contribution in [0.1, 0.15) is 20.8 Å². The van der Waals surface area contributed by atoms with E-state index < -0.39 is 8.80 Å². The van der Waals surface area contributed by atoms with Gasteiger partial charge in [-0.05, 0) is 0 Å². The van der Waals surface area contributed by atoms with Crippen molar-refractivity contribution in [2.45, 2.75) is 20.8 Å². The van der Waals surface area contributed by atoms with E-state index in [1.165, 1.54) is 20.8 Å². The Bertz CT molecular complexity index is 228. The van der Waals surface area contributed by atoms with E-state index in [9.17, 15) is 14.4 Å². The molecule has 0 aromatic rings. The summed E-state index contributed by atoms with van der Waals surface area (Å²) in [5.74, 6) is -0.283. The molecule has 0 aromatic carbocycles. The lowest BCUT2D eigenvalue weighted by atomic mass is 10.7. The van der Waals surface area contributed by atoms with E-state index in [1.54, 1.807) is 0 Å². The zero-order valence-corrected chi connectivity index (χ0v) is 11.1. The molecular formula is C9H19N3O3Si. The van der Waals surface area contributed by atoms with Crippen LogP contribution in [0.5, 0.6) is 0 Å². The van der Waals surface area contributed by atoms with E-state index in [4.69, 9.17) is 0 Å². The van der Waals surface area contributed by atoms with Crippen molar-refractivity contribution in [3.8, 4) is 0 Å². The van der Waals surface area contributed by atoms with E-state index in [0.29, 0.717) is 18.5 Å². The predicted molar refractivity (Wildman–Crippen MR) is 63.2 cm³/mol. The highest BCUT2D eigenvalue weighted by Gasteiger charge is 2.12. The zero-order valence-electron chi connectivity index (χ0n) is 9.92. The van der Waals surface area contributed by atoms with Gasteiger partial charge in [-0.25, -0.2) is 0 Å². The van der Waals surface area contributed by atoms with Crippen LogP contribution in [0.15, 0.2) is 0 Å². The third-order valence-electron chi connectivity index (χ3n) is 1.92. The fraction of sp³-hybridized carbons (Fsp3) is 0.667. The van der Waals surface area contributed by atoms with E-state index in [0.717, 1.165) is 0 Å². The van der Waals surface area contributed by atoms with Gasteiger partial charge in [0.15, 0.2) is 0 Å². The molecule has 0 heterocycles. The van der Waals surface area contributed by atoms with Gasteiger partial charge in [-0.2, -0.15) is 0 Å². The standard InChI is InChI=1S/C9H19N3O3Si/c1-7(13)10-4-16(5-11-8(2)14)6-12-9(3)15/h16H,4-6H2,1-3H3,(H,10,13)(H,11,14)(H,12,15). The highest BCUT2D eigenvalue weighted by molar-refractivity contribution is 6.60. The molecule has 3 N–H and O–H groups in total. The van der Waals surface area contributed by atoms with Crippen LogP contribution in [-0.4, -0.2) is 45.0 Å². The Morgan fingerprint density at radius 1 is 0.750 bits per heavy atom. The lowest BCUT2D eigenvalue weighted by molar-refractivity contribution is -0.119. The average molecular weight is 245 g/mol. The summed E-state index contributed by atoms with van der Waals surface area (Å²) in [5, 5.41) is 8.14. The van der Waals surface area contributed by atoms with E-state index >= 15 is 0 Å². The number of carbonyl (C=O) groups is 3. The molecule has 6 nitrogen and oxygen atoms in total. The van der Waals surface area contributed by atoms with Crippen molar-refractivity contribution < 1.29 is 14.4 Å². The first kappa shape index (κ1) is 14.6. The summed E-state index contributed by atoms with van der Waals surface area (Å²) >= 11 is 0. The number of carbonyl (C=O) groups excluding carboxylic acids is 3. The highest BCUT2D eigenvalue weighted by atomic mass is 28.3. The number of hydrogen-bond acceptors (Lipinski definition) is 3. The molecule has 0 saturated carbocycles. The first-order chi connectivity index (χ1) is 7.41. The summed E-state index contributed by atoms with van der Waals surface area (Å²) in [6, 6.07) is 0. The second-order valence-corrected chi connectivity index (χ2v) is 6.63. The van der Waals surface area contributed by atoms with Crippen molar-refractivity contribution in [2.24, 2.45) is 0 Å². The van der Waals surface area contributed by atoms with Crippen LogP contribution in [0.4, 0.5) is 0 Å². The summed E-state index contributed by atoms with van der Waals surface area (Å²) in [5.41, 5.74) is 0. The van der Waals surface area contributed by atoms with Gasteiger partial charge in [0.1, 0.15) is 8.80 Å². The molecule has 0 aliphatic heterocycles. The van der Waals surface area contributed by atoms with Crippen LogP contribution < -0.4 is 16.0 Å². The number of rotatable bonds is 6. The summed E-state index contributed by atoms with van der Waals surface area (Å²) in [4.78, 5) is 32.3. The van der Waals surface area contributed by atoms with Crippen molar-refractivity contribution >= 4 is 26.5 Å². The van der Waals surface area contributed by atoms with Crippen LogP contribution >= 0.6 is 0 Å². The molecule has 3 amide bonds. The minimum absolute atomic E-state index is 0.0943. The van der Waals surface area contributed by atoms with Gasteiger partial charge in [0.2, 0.25) is 17.7 Å². The molecule has 0 unspecified atom stereocenters. The van der Waals surface area contributed by atoms with Crippen molar-refractivity contribution in [3.05, 3.63) is 0 Å². The third-order valence-corrected chi connectivity index (χ3v) is 4.26. The first-order valence-electron chi connectivity index (χ1n) is 5.15. The van der Waals surface area contributed by atoms with Crippen LogP contribution in [0, 0.1) is 0 Å². The SMILES string of the molecule is CC(=O)NC[SiH](CNC(C)=O)CNC(C)=O. The molecule has 0 fully saturated rings. The van der Waals surface area contributed by atoms with Crippen LogP contribution in [0.25, 0.3) is 0 Å². The van der Waals surface area contributed by atoms with E-state index in [-0.39, 0.29) is 17.7 Å². The van der Waals surface area contributed by atoms with Gasteiger partial charge in [-0.15, -0.1) is 0 Å². The van der Waals surface area contributed by atoms with Crippen LogP contribution in [-0.2, 0) is 14.4 Å². The minimum Gasteiger partial charge on any atom is -0.359 e. The number of amides is 3. The van der Waals surface area contributed by atoms with Crippen LogP contribution in [0.3, 0.4) is 0 Å². The van der Waals surface area contributed by atoms with E-state index in [1.807, 2.05) is 0 Å². The molecule has 7 heteroatoms. The minimum atomic E-state index is -1.40. The molecule has 0 spiro atoms. The average Bonchev–Trinajstić information content (AvgIpc) is 2.15. The smallest absolute Gasteiger partial charge is 0.216 e. The fourth-order valence-electron chi connectivity index (χ4n) is 1.08. The van der Waals surface area contributed by atoms with Gasteiger partial charge >= 0.3 is 0 Å². The molecule has 0 aromatic heterocycles. The maximum absolute atomic E-state index is 10.8. The van der Waals surface area contributed by atoms with Crippen molar-refractivity contribution in [1.82, 2.24) is 16.0 Å².